The van der Waals surface area contributed by atoms with E-state index in [9.17, 15) is 5.11 Å². The highest BCUT2D eigenvalue weighted by Gasteiger charge is 2.37. The van der Waals surface area contributed by atoms with Crippen molar-refractivity contribution in [3.8, 4) is 0 Å². The van der Waals surface area contributed by atoms with E-state index in [0.717, 1.165) is 30.4 Å². The molecule has 2 fully saturated rings. The van der Waals surface area contributed by atoms with Crippen molar-refractivity contribution in [3.05, 3.63) is 18.0 Å². The first-order valence-electron chi connectivity index (χ1n) is 9.81. The first kappa shape index (κ1) is 19.5. The Morgan fingerprint density at radius 3 is 2.50 bits per heavy atom. The van der Waals surface area contributed by atoms with Gasteiger partial charge in [-0.05, 0) is 19.2 Å². The monoisotopic (exact) mass is 390 g/mol. The lowest BCUT2D eigenvalue weighted by Gasteiger charge is -2.46. The fraction of sp³-hybridized carbons (Fsp3) is 0.737. The van der Waals surface area contributed by atoms with Gasteiger partial charge in [0, 0.05) is 31.1 Å². The average molecular weight is 390 g/mol. The summed E-state index contributed by atoms with van der Waals surface area (Å²) in [4.78, 5) is 4.42. The minimum absolute atomic E-state index is 0.124. The Balaban J connectivity index is 1.40. The van der Waals surface area contributed by atoms with Crippen molar-refractivity contribution in [2.24, 2.45) is 0 Å². The Kier molecular flexibility index (Phi) is 5.03. The highest BCUT2D eigenvalue weighted by molar-refractivity contribution is 5.48. The van der Waals surface area contributed by atoms with E-state index >= 15 is 0 Å². The van der Waals surface area contributed by atoms with Gasteiger partial charge in [0.15, 0.2) is 11.5 Å². The van der Waals surface area contributed by atoms with Crippen molar-refractivity contribution in [1.29, 1.82) is 0 Å². The molecule has 0 spiro atoms. The fourth-order valence-electron chi connectivity index (χ4n) is 3.71. The molecule has 1 N–H and O–H groups in total. The van der Waals surface area contributed by atoms with Crippen LogP contribution in [0.15, 0.2) is 12.1 Å². The Hall–Kier alpha value is -1.81. The minimum atomic E-state index is -0.951. The van der Waals surface area contributed by atoms with E-state index in [1.807, 2.05) is 23.7 Å². The van der Waals surface area contributed by atoms with Crippen LogP contribution in [0.5, 0.6) is 0 Å². The van der Waals surface area contributed by atoms with E-state index in [4.69, 9.17) is 14.6 Å². The maximum Gasteiger partial charge on any atom is 0.178 e. The number of nitrogens with zero attached hydrogens (tertiary/aromatic N) is 6. The lowest BCUT2D eigenvalue weighted by atomic mass is 9.96. The van der Waals surface area contributed by atoms with Crippen LogP contribution in [0, 0.1) is 0 Å². The Labute approximate surface area is 165 Å². The van der Waals surface area contributed by atoms with Crippen LogP contribution in [0.4, 0.5) is 5.82 Å². The molecule has 0 unspecified atom stereocenters. The van der Waals surface area contributed by atoms with E-state index in [2.05, 4.69) is 40.8 Å². The predicted molar refractivity (Wildman–Crippen MR) is 105 cm³/mol. The zero-order valence-corrected chi connectivity index (χ0v) is 17.1. The van der Waals surface area contributed by atoms with Gasteiger partial charge in [0.1, 0.15) is 11.4 Å². The summed E-state index contributed by atoms with van der Waals surface area (Å²) in [5.74, 6) is 1.77. The number of ether oxygens (including phenoxy) is 2. The van der Waals surface area contributed by atoms with Gasteiger partial charge in [-0.2, -0.15) is 4.52 Å². The highest BCUT2D eigenvalue weighted by atomic mass is 16.6. The number of likely N-dealkylation sites (N-methyl/N-ethyl adjacent to an activating group) is 1. The number of aromatic nitrogens is 4. The summed E-state index contributed by atoms with van der Waals surface area (Å²) in [5.41, 5.74) is -0.313. The molecule has 28 heavy (non-hydrogen) atoms. The normalized spacial score (nSPS) is 21.1. The summed E-state index contributed by atoms with van der Waals surface area (Å²) in [6.07, 6.45) is 0. The van der Waals surface area contributed by atoms with E-state index < -0.39 is 5.60 Å². The summed E-state index contributed by atoms with van der Waals surface area (Å²) in [6, 6.07) is 4.31. The molecule has 2 aliphatic heterocycles. The zero-order chi connectivity index (χ0) is 19.9. The van der Waals surface area contributed by atoms with E-state index in [1.165, 1.54) is 0 Å². The van der Waals surface area contributed by atoms with Crippen LogP contribution in [0.3, 0.4) is 0 Å². The third kappa shape index (κ3) is 3.84. The summed E-state index contributed by atoms with van der Waals surface area (Å²) < 4.78 is 12.8. The standard InChI is InChI=1S/C19H30N6O3/c1-18(2,3)17-21-20-15-5-6-16(22-25(15)17)24-9-14(10-24)23(4)11-19(26)12-27-7-8-28-13-19/h5-6,14,26H,7-13H2,1-4H3. The second kappa shape index (κ2) is 7.22. The zero-order valence-electron chi connectivity index (χ0n) is 17.1. The number of aliphatic hydroxyl groups is 1. The summed E-state index contributed by atoms with van der Waals surface area (Å²) in [6.45, 7) is 10.3. The van der Waals surface area contributed by atoms with Gasteiger partial charge in [0.2, 0.25) is 0 Å². The second-order valence-corrected chi connectivity index (χ2v) is 9.04. The smallest absolute Gasteiger partial charge is 0.178 e. The molecule has 0 saturated carbocycles. The SMILES string of the molecule is CN(CC1(O)COCCOC1)C1CN(c2ccc3nnc(C(C)(C)C)n3n2)C1. The van der Waals surface area contributed by atoms with Gasteiger partial charge in [-0.15, -0.1) is 15.3 Å². The van der Waals surface area contributed by atoms with Gasteiger partial charge in [-0.1, -0.05) is 20.8 Å². The number of rotatable bonds is 4. The van der Waals surface area contributed by atoms with Crippen LogP contribution in [0.1, 0.15) is 26.6 Å². The summed E-state index contributed by atoms with van der Waals surface area (Å²) in [7, 11) is 2.04. The van der Waals surface area contributed by atoms with E-state index in [1.54, 1.807) is 0 Å². The molecule has 9 heteroatoms. The molecule has 9 nitrogen and oxygen atoms in total. The molecule has 4 heterocycles. The van der Waals surface area contributed by atoms with Gasteiger partial charge in [0.25, 0.3) is 0 Å². The van der Waals surface area contributed by atoms with Crippen molar-refractivity contribution >= 4 is 11.5 Å². The largest absolute Gasteiger partial charge is 0.384 e. The molecular formula is C19H30N6O3. The molecule has 0 amide bonds. The Bertz CT molecular complexity index is 819. The lowest BCUT2D eigenvalue weighted by Crippen LogP contribution is -2.62. The topological polar surface area (TPSA) is 88.3 Å². The van der Waals surface area contributed by atoms with Crippen LogP contribution in [0.25, 0.3) is 5.65 Å². The van der Waals surface area contributed by atoms with Crippen LogP contribution in [0.2, 0.25) is 0 Å². The number of hydrogen-bond acceptors (Lipinski definition) is 8. The number of anilines is 1. The highest BCUT2D eigenvalue weighted by Crippen LogP contribution is 2.25. The maximum absolute atomic E-state index is 10.7. The minimum Gasteiger partial charge on any atom is -0.384 e. The third-order valence-corrected chi connectivity index (χ3v) is 5.39. The first-order chi connectivity index (χ1) is 13.3. The van der Waals surface area contributed by atoms with Gasteiger partial charge in [-0.25, -0.2) is 0 Å². The van der Waals surface area contributed by atoms with E-state index in [-0.39, 0.29) is 5.41 Å². The molecule has 0 radical (unpaired) electrons. The maximum atomic E-state index is 10.7. The van der Waals surface area contributed by atoms with Crippen LogP contribution in [-0.4, -0.2) is 94.6 Å². The summed E-state index contributed by atoms with van der Waals surface area (Å²) >= 11 is 0. The molecule has 2 saturated heterocycles. The van der Waals surface area contributed by atoms with Crippen LogP contribution >= 0.6 is 0 Å². The molecule has 2 aromatic rings. The van der Waals surface area contributed by atoms with Crippen LogP contribution in [-0.2, 0) is 14.9 Å². The molecule has 2 aromatic heterocycles. The Morgan fingerprint density at radius 2 is 1.86 bits per heavy atom. The third-order valence-electron chi connectivity index (χ3n) is 5.39. The average Bonchev–Trinajstić information content (AvgIpc) is 2.89. The molecule has 0 aromatic carbocycles. The first-order valence-corrected chi connectivity index (χ1v) is 9.81. The Morgan fingerprint density at radius 1 is 1.18 bits per heavy atom. The quantitative estimate of drug-likeness (QED) is 0.799. The van der Waals surface area contributed by atoms with Crippen molar-refractivity contribution < 1.29 is 14.6 Å². The van der Waals surface area contributed by atoms with Gasteiger partial charge in [0.05, 0.1) is 26.4 Å². The van der Waals surface area contributed by atoms with Crippen molar-refractivity contribution in [1.82, 2.24) is 24.7 Å². The van der Waals surface area contributed by atoms with Crippen LogP contribution < -0.4 is 4.90 Å². The molecule has 2 aliphatic rings. The molecule has 0 bridgehead atoms. The molecule has 4 rings (SSSR count). The van der Waals surface area contributed by atoms with Gasteiger partial charge in [-0.3, -0.25) is 4.90 Å². The number of hydrogen-bond donors (Lipinski definition) is 1. The van der Waals surface area contributed by atoms with Crippen molar-refractivity contribution in [2.45, 2.75) is 37.8 Å². The molecule has 0 aliphatic carbocycles. The van der Waals surface area contributed by atoms with Crippen molar-refractivity contribution in [3.63, 3.8) is 0 Å². The van der Waals surface area contributed by atoms with Gasteiger partial charge >= 0.3 is 0 Å². The van der Waals surface area contributed by atoms with Crippen molar-refractivity contribution in [2.75, 3.05) is 58.0 Å². The predicted octanol–water partition coefficient (Wildman–Crippen LogP) is 0.320. The molecular weight excluding hydrogens is 360 g/mol. The second-order valence-electron chi connectivity index (χ2n) is 9.04. The lowest BCUT2D eigenvalue weighted by molar-refractivity contribution is -0.0773. The fourth-order valence-corrected chi connectivity index (χ4v) is 3.71. The molecule has 154 valence electrons. The van der Waals surface area contributed by atoms with Gasteiger partial charge < -0.3 is 19.5 Å². The summed E-state index contributed by atoms with van der Waals surface area (Å²) in [5, 5.41) is 24.0. The molecule has 0 atom stereocenters. The number of fused-ring (bicyclic) bond motifs is 1. The van der Waals surface area contributed by atoms with E-state index in [0.29, 0.717) is 39.0 Å².